The zero-order valence-electron chi connectivity index (χ0n) is 13.3. The molecule has 0 radical (unpaired) electrons. The highest BCUT2D eigenvalue weighted by Crippen LogP contribution is 2.48. The molecule has 0 aromatic heterocycles. The Labute approximate surface area is 136 Å². The van der Waals surface area contributed by atoms with E-state index < -0.39 is 21.4 Å². The van der Waals surface area contributed by atoms with E-state index in [1.165, 1.54) is 12.0 Å². The summed E-state index contributed by atoms with van der Waals surface area (Å²) in [5.41, 5.74) is -0.840. The van der Waals surface area contributed by atoms with E-state index in [-0.39, 0.29) is 30.7 Å². The monoisotopic (exact) mass is 348 g/mol. The van der Waals surface area contributed by atoms with Gasteiger partial charge in [-0.3, -0.25) is 9.59 Å². The van der Waals surface area contributed by atoms with E-state index in [1.54, 1.807) is 0 Å². The van der Waals surface area contributed by atoms with Crippen LogP contribution in [0, 0.1) is 11.3 Å². The van der Waals surface area contributed by atoms with Crippen molar-refractivity contribution in [3.8, 4) is 0 Å². The minimum atomic E-state index is -3.52. The van der Waals surface area contributed by atoms with Gasteiger partial charge in [-0.25, -0.2) is 13.1 Å². The van der Waals surface area contributed by atoms with Crippen molar-refractivity contribution in [3.63, 3.8) is 0 Å². The number of carboxylic acids is 1. The Balaban J connectivity index is 1.87. The van der Waals surface area contributed by atoms with Gasteiger partial charge in [0.2, 0.25) is 15.9 Å². The molecule has 0 spiro atoms. The second-order valence-corrected chi connectivity index (χ2v) is 8.24. The highest BCUT2D eigenvalue weighted by molar-refractivity contribution is 7.89. The number of sulfonamides is 1. The van der Waals surface area contributed by atoms with Crippen molar-refractivity contribution >= 4 is 21.9 Å². The topological polar surface area (TPSA) is 113 Å². The lowest BCUT2D eigenvalue weighted by Crippen LogP contribution is -2.42. The van der Waals surface area contributed by atoms with E-state index in [2.05, 4.69) is 4.72 Å². The van der Waals surface area contributed by atoms with Crippen molar-refractivity contribution < 1.29 is 27.9 Å². The molecular weight excluding hydrogens is 324 g/mol. The molecule has 9 heteroatoms. The fraction of sp³-hybridized carbons (Fsp3) is 0.857. The molecule has 132 valence electrons. The minimum absolute atomic E-state index is 0.0257. The average Bonchev–Trinajstić information content (AvgIpc) is 3.03. The molecular formula is C14H24N2O6S. The van der Waals surface area contributed by atoms with Gasteiger partial charge in [0.15, 0.2) is 0 Å². The molecule has 1 heterocycles. The molecule has 2 N–H and O–H groups in total. The van der Waals surface area contributed by atoms with E-state index in [1.807, 2.05) is 0 Å². The number of hydrogen-bond acceptors (Lipinski definition) is 5. The molecule has 1 amide bonds. The first-order chi connectivity index (χ1) is 10.8. The maximum Gasteiger partial charge on any atom is 0.311 e. The van der Waals surface area contributed by atoms with Crippen molar-refractivity contribution in [2.45, 2.75) is 25.7 Å². The van der Waals surface area contributed by atoms with Crippen LogP contribution in [0.2, 0.25) is 0 Å². The lowest BCUT2D eigenvalue weighted by molar-refractivity contribution is -0.149. The number of methoxy groups -OCH3 is 1. The quantitative estimate of drug-likeness (QED) is 0.580. The molecule has 2 fully saturated rings. The van der Waals surface area contributed by atoms with E-state index in [0.29, 0.717) is 26.0 Å². The van der Waals surface area contributed by atoms with Crippen LogP contribution in [0.25, 0.3) is 0 Å². The van der Waals surface area contributed by atoms with Gasteiger partial charge in [-0.1, -0.05) is 6.42 Å². The smallest absolute Gasteiger partial charge is 0.311 e. The number of ether oxygens (including phenoxy) is 1. The number of nitrogens with zero attached hydrogens (tertiary/aromatic N) is 1. The summed E-state index contributed by atoms with van der Waals surface area (Å²) >= 11 is 0. The molecule has 0 aromatic rings. The normalized spacial score (nSPS) is 27.2. The summed E-state index contributed by atoms with van der Waals surface area (Å²) in [4.78, 5) is 25.3. The molecule has 1 saturated carbocycles. The number of carbonyl (C=O) groups is 2. The second kappa shape index (κ2) is 7.14. The molecule has 23 heavy (non-hydrogen) atoms. The summed E-state index contributed by atoms with van der Waals surface area (Å²) in [6, 6.07) is 0. The molecule has 0 unspecified atom stereocenters. The Hall–Kier alpha value is -1.19. The number of carbonyl (C=O) groups excluding carboxylic acids is 1. The summed E-state index contributed by atoms with van der Waals surface area (Å²) in [6.07, 6.45) is 2.61. The fourth-order valence-electron chi connectivity index (χ4n) is 3.58. The SMILES string of the molecule is COCCCS(=O)(=O)NCC(=O)N1C[C@@H]2CCC[C@@]2(C(=O)O)C1. The summed E-state index contributed by atoms with van der Waals surface area (Å²) in [6.45, 7) is 0.593. The average molecular weight is 348 g/mol. The molecule has 0 aromatic carbocycles. The van der Waals surface area contributed by atoms with Gasteiger partial charge in [0.1, 0.15) is 0 Å². The van der Waals surface area contributed by atoms with Crippen LogP contribution < -0.4 is 4.72 Å². The number of amides is 1. The minimum Gasteiger partial charge on any atom is -0.481 e. The zero-order chi connectivity index (χ0) is 17.1. The standard InChI is InChI=1S/C14H24N2O6S/c1-22-6-3-7-23(20,21)15-8-12(17)16-9-11-4-2-5-14(11,10-16)13(18)19/h11,15H,2-10H2,1H3,(H,18,19)/t11-,14+/m0/s1. The third-order valence-electron chi connectivity index (χ3n) is 4.85. The Morgan fingerprint density at radius 1 is 1.43 bits per heavy atom. The molecule has 1 aliphatic carbocycles. The summed E-state index contributed by atoms with van der Waals surface area (Å²) in [5.74, 6) is -1.34. The number of hydrogen-bond donors (Lipinski definition) is 2. The fourth-order valence-corrected chi connectivity index (χ4v) is 4.56. The number of likely N-dealkylation sites (tertiary alicyclic amines) is 1. The van der Waals surface area contributed by atoms with Gasteiger partial charge in [-0.2, -0.15) is 0 Å². The van der Waals surface area contributed by atoms with Gasteiger partial charge < -0.3 is 14.7 Å². The predicted octanol–water partition coefficient (Wildman–Crippen LogP) is -0.344. The first-order valence-corrected chi connectivity index (χ1v) is 9.43. The Morgan fingerprint density at radius 2 is 2.17 bits per heavy atom. The number of nitrogens with one attached hydrogen (secondary N) is 1. The van der Waals surface area contributed by atoms with Crippen LogP contribution in [-0.2, 0) is 24.3 Å². The molecule has 2 aliphatic rings. The first-order valence-electron chi connectivity index (χ1n) is 7.78. The molecule has 1 saturated heterocycles. The van der Waals surface area contributed by atoms with Crippen LogP contribution in [0.1, 0.15) is 25.7 Å². The van der Waals surface area contributed by atoms with Gasteiger partial charge in [0.25, 0.3) is 0 Å². The van der Waals surface area contributed by atoms with Crippen molar-refractivity contribution in [2.24, 2.45) is 11.3 Å². The Bertz CT molecular complexity index is 564. The highest BCUT2D eigenvalue weighted by atomic mass is 32.2. The largest absolute Gasteiger partial charge is 0.481 e. The van der Waals surface area contributed by atoms with E-state index >= 15 is 0 Å². The number of aliphatic carboxylic acids is 1. The van der Waals surface area contributed by atoms with Crippen molar-refractivity contribution in [2.75, 3.05) is 39.1 Å². The van der Waals surface area contributed by atoms with Crippen LogP contribution in [0.3, 0.4) is 0 Å². The van der Waals surface area contributed by atoms with Crippen LogP contribution in [0.15, 0.2) is 0 Å². The van der Waals surface area contributed by atoms with Crippen LogP contribution in [0.5, 0.6) is 0 Å². The lowest BCUT2D eigenvalue weighted by Gasteiger charge is -2.23. The summed E-state index contributed by atoms with van der Waals surface area (Å²) in [5, 5.41) is 9.49. The summed E-state index contributed by atoms with van der Waals surface area (Å²) in [7, 11) is -2.03. The Morgan fingerprint density at radius 3 is 2.78 bits per heavy atom. The van der Waals surface area contributed by atoms with Crippen LogP contribution in [0.4, 0.5) is 0 Å². The highest BCUT2D eigenvalue weighted by Gasteiger charge is 2.55. The van der Waals surface area contributed by atoms with Gasteiger partial charge >= 0.3 is 5.97 Å². The molecule has 1 aliphatic heterocycles. The number of fused-ring (bicyclic) bond motifs is 1. The summed E-state index contributed by atoms with van der Waals surface area (Å²) < 4.78 is 30.6. The third-order valence-corrected chi connectivity index (χ3v) is 6.26. The third kappa shape index (κ3) is 4.02. The predicted molar refractivity (Wildman–Crippen MR) is 82.3 cm³/mol. The molecule has 2 rings (SSSR count). The molecule has 2 atom stereocenters. The van der Waals surface area contributed by atoms with Crippen LogP contribution in [-0.4, -0.2) is 69.4 Å². The van der Waals surface area contributed by atoms with Gasteiger partial charge in [0, 0.05) is 26.8 Å². The van der Waals surface area contributed by atoms with E-state index in [9.17, 15) is 23.1 Å². The van der Waals surface area contributed by atoms with E-state index in [0.717, 1.165) is 12.8 Å². The van der Waals surface area contributed by atoms with Crippen molar-refractivity contribution in [1.29, 1.82) is 0 Å². The Kier molecular flexibility index (Phi) is 5.64. The van der Waals surface area contributed by atoms with Gasteiger partial charge in [0.05, 0.1) is 17.7 Å². The van der Waals surface area contributed by atoms with Crippen LogP contribution >= 0.6 is 0 Å². The number of carboxylic acid groups (broad SMARTS) is 1. The first kappa shape index (κ1) is 18.2. The maximum absolute atomic E-state index is 12.2. The lowest BCUT2D eigenvalue weighted by atomic mass is 9.81. The van der Waals surface area contributed by atoms with Gasteiger partial charge in [-0.05, 0) is 25.2 Å². The zero-order valence-corrected chi connectivity index (χ0v) is 14.1. The van der Waals surface area contributed by atoms with Crippen molar-refractivity contribution in [3.05, 3.63) is 0 Å². The van der Waals surface area contributed by atoms with E-state index in [4.69, 9.17) is 4.74 Å². The maximum atomic E-state index is 12.2. The van der Waals surface area contributed by atoms with Gasteiger partial charge in [-0.15, -0.1) is 0 Å². The second-order valence-electron chi connectivity index (χ2n) is 6.31. The molecule has 8 nitrogen and oxygen atoms in total. The number of rotatable bonds is 8. The molecule has 0 bridgehead atoms. The van der Waals surface area contributed by atoms with Crippen molar-refractivity contribution in [1.82, 2.24) is 9.62 Å².